The van der Waals surface area contributed by atoms with Crippen molar-refractivity contribution in [1.82, 2.24) is 5.32 Å². The average molecular weight is 415 g/mol. The molecule has 0 spiro atoms. The van der Waals surface area contributed by atoms with Crippen LogP contribution in [0.15, 0.2) is 42.5 Å². The van der Waals surface area contributed by atoms with Crippen LogP contribution in [0.25, 0.3) is 0 Å². The van der Waals surface area contributed by atoms with Gasteiger partial charge in [0.15, 0.2) is 0 Å². The van der Waals surface area contributed by atoms with E-state index in [4.69, 9.17) is 11.6 Å². The van der Waals surface area contributed by atoms with Crippen molar-refractivity contribution in [3.05, 3.63) is 62.2 Å². The van der Waals surface area contributed by atoms with Crippen molar-refractivity contribution in [3.63, 3.8) is 0 Å². The molecule has 3 nitrogen and oxygen atoms in total. The third kappa shape index (κ3) is 4.89. The Kier molecular flexibility index (Phi) is 5.87. The molecule has 0 aromatic heterocycles. The van der Waals surface area contributed by atoms with Crippen molar-refractivity contribution in [1.29, 1.82) is 0 Å². The number of urea groups is 1. The van der Waals surface area contributed by atoms with E-state index in [-0.39, 0.29) is 6.03 Å². The second-order valence-corrected chi connectivity index (χ2v) is 6.33. The topological polar surface area (TPSA) is 41.1 Å². The highest BCUT2D eigenvalue weighted by molar-refractivity contribution is 14.1. The molecule has 2 aromatic carbocycles. The molecule has 2 aromatic rings. The molecule has 0 heterocycles. The minimum Gasteiger partial charge on any atom is -0.338 e. The number of aryl methyl sites for hydroxylation is 1. The van der Waals surface area contributed by atoms with Gasteiger partial charge in [0.05, 0.1) is 0 Å². The smallest absolute Gasteiger partial charge is 0.319 e. The second kappa shape index (κ2) is 7.66. The molecule has 2 N–H and O–H groups in total. The molecule has 0 aliphatic carbocycles. The number of halogens is 2. The molecule has 5 heteroatoms. The van der Waals surface area contributed by atoms with Gasteiger partial charge in [0.25, 0.3) is 0 Å². The summed E-state index contributed by atoms with van der Waals surface area (Å²) < 4.78 is 1.15. The maximum atomic E-state index is 11.9. The van der Waals surface area contributed by atoms with E-state index in [1.807, 2.05) is 49.4 Å². The lowest BCUT2D eigenvalue weighted by molar-refractivity contribution is 0.252. The molecule has 0 saturated heterocycles. The minimum absolute atomic E-state index is 0.202. The lowest BCUT2D eigenvalue weighted by Gasteiger charge is -2.10. The first-order valence-electron chi connectivity index (χ1n) is 6.60. The van der Waals surface area contributed by atoms with E-state index >= 15 is 0 Å². The summed E-state index contributed by atoms with van der Waals surface area (Å²) >= 11 is 8.32. The maximum absolute atomic E-state index is 11.9. The highest BCUT2D eigenvalue weighted by atomic mass is 127. The van der Waals surface area contributed by atoms with E-state index < -0.39 is 0 Å². The average Bonchev–Trinajstić information content (AvgIpc) is 2.44. The first kappa shape index (κ1) is 16.1. The summed E-state index contributed by atoms with van der Waals surface area (Å²) in [5.41, 5.74) is 2.90. The van der Waals surface area contributed by atoms with Gasteiger partial charge in [-0.15, -0.1) is 0 Å². The van der Waals surface area contributed by atoms with Crippen molar-refractivity contribution in [2.75, 3.05) is 11.9 Å². The summed E-state index contributed by atoms with van der Waals surface area (Å²) in [7, 11) is 0. The zero-order chi connectivity index (χ0) is 15.2. The zero-order valence-corrected chi connectivity index (χ0v) is 14.5. The Balaban J connectivity index is 1.84. The molecule has 2 rings (SSSR count). The Morgan fingerprint density at radius 2 is 2.00 bits per heavy atom. The molecular formula is C16H16ClIN2O. The van der Waals surface area contributed by atoms with Crippen LogP contribution < -0.4 is 10.6 Å². The Hall–Kier alpha value is -1.27. The number of carbonyl (C=O) groups is 1. The molecule has 0 atom stereocenters. The van der Waals surface area contributed by atoms with Crippen LogP contribution in [0.1, 0.15) is 11.1 Å². The number of anilines is 1. The van der Waals surface area contributed by atoms with Crippen LogP contribution in [-0.2, 0) is 6.42 Å². The zero-order valence-electron chi connectivity index (χ0n) is 11.6. The fraction of sp³-hybridized carbons (Fsp3) is 0.188. The van der Waals surface area contributed by atoms with Gasteiger partial charge in [-0.05, 0) is 71.3 Å². The van der Waals surface area contributed by atoms with Gasteiger partial charge in [0.1, 0.15) is 0 Å². The molecule has 21 heavy (non-hydrogen) atoms. The van der Waals surface area contributed by atoms with Crippen molar-refractivity contribution in [2.24, 2.45) is 0 Å². The molecule has 110 valence electrons. The van der Waals surface area contributed by atoms with Crippen LogP contribution in [-0.4, -0.2) is 12.6 Å². The fourth-order valence-electron chi connectivity index (χ4n) is 1.95. The normalized spacial score (nSPS) is 10.2. The molecule has 0 bridgehead atoms. The van der Waals surface area contributed by atoms with Gasteiger partial charge < -0.3 is 10.6 Å². The van der Waals surface area contributed by atoms with Gasteiger partial charge in [0.2, 0.25) is 0 Å². The number of hydrogen-bond acceptors (Lipinski definition) is 1. The lowest BCUT2D eigenvalue weighted by atomic mass is 10.1. The number of amides is 2. The quantitative estimate of drug-likeness (QED) is 0.705. The Labute approximate surface area is 143 Å². The van der Waals surface area contributed by atoms with Crippen molar-refractivity contribution >= 4 is 45.9 Å². The molecule has 0 aliphatic heterocycles. The van der Waals surface area contributed by atoms with E-state index in [9.17, 15) is 4.79 Å². The molecule has 0 aliphatic rings. The number of carbonyl (C=O) groups excluding carboxylic acids is 1. The predicted molar refractivity (Wildman–Crippen MR) is 96.1 cm³/mol. The summed E-state index contributed by atoms with van der Waals surface area (Å²) in [5, 5.41) is 6.42. The van der Waals surface area contributed by atoms with E-state index in [1.165, 1.54) is 0 Å². The SMILES string of the molecule is Cc1cc(I)ccc1NC(=O)NCCc1ccccc1Cl. The van der Waals surface area contributed by atoms with Crippen LogP contribution in [0, 0.1) is 10.5 Å². The van der Waals surface area contributed by atoms with Gasteiger partial charge in [-0.25, -0.2) is 4.79 Å². The van der Waals surface area contributed by atoms with E-state index in [0.717, 1.165) is 25.4 Å². The number of rotatable bonds is 4. The fourth-order valence-corrected chi connectivity index (χ4v) is 2.82. The molecule has 0 unspecified atom stereocenters. The molecular weight excluding hydrogens is 399 g/mol. The summed E-state index contributed by atoms with van der Waals surface area (Å²) in [5.74, 6) is 0. The van der Waals surface area contributed by atoms with E-state index in [1.54, 1.807) is 0 Å². The third-order valence-electron chi connectivity index (χ3n) is 3.07. The highest BCUT2D eigenvalue weighted by Gasteiger charge is 2.05. The number of hydrogen-bond donors (Lipinski definition) is 2. The van der Waals surface area contributed by atoms with Crippen molar-refractivity contribution in [2.45, 2.75) is 13.3 Å². The van der Waals surface area contributed by atoms with Crippen LogP contribution in [0.4, 0.5) is 10.5 Å². The Bertz CT molecular complexity index is 646. The van der Waals surface area contributed by atoms with Gasteiger partial charge in [-0.1, -0.05) is 29.8 Å². The molecule has 0 saturated carbocycles. The van der Waals surface area contributed by atoms with Crippen LogP contribution in [0.3, 0.4) is 0 Å². The lowest BCUT2D eigenvalue weighted by Crippen LogP contribution is -2.30. The van der Waals surface area contributed by atoms with Crippen LogP contribution >= 0.6 is 34.2 Å². The summed E-state index contributed by atoms with van der Waals surface area (Å²) in [6, 6.07) is 13.3. The number of nitrogens with one attached hydrogen (secondary N) is 2. The van der Waals surface area contributed by atoms with Crippen molar-refractivity contribution < 1.29 is 4.79 Å². The summed E-state index contributed by atoms with van der Waals surface area (Å²) in [6.07, 6.45) is 0.707. The third-order valence-corrected chi connectivity index (χ3v) is 4.11. The van der Waals surface area contributed by atoms with E-state index in [0.29, 0.717) is 13.0 Å². The Morgan fingerprint density at radius 3 is 2.71 bits per heavy atom. The largest absolute Gasteiger partial charge is 0.338 e. The molecule has 0 radical (unpaired) electrons. The first-order valence-corrected chi connectivity index (χ1v) is 8.06. The van der Waals surface area contributed by atoms with Gasteiger partial charge in [-0.3, -0.25) is 0 Å². The minimum atomic E-state index is -0.202. The number of benzene rings is 2. The molecule has 2 amide bonds. The molecule has 0 fully saturated rings. The standard InChI is InChI=1S/C16H16ClIN2O/c1-11-10-13(18)6-7-15(11)20-16(21)19-9-8-12-4-2-3-5-14(12)17/h2-7,10H,8-9H2,1H3,(H2,19,20,21). The monoisotopic (exact) mass is 414 g/mol. The van der Waals surface area contributed by atoms with Crippen molar-refractivity contribution in [3.8, 4) is 0 Å². The second-order valence-electron chi connectivity index (χ2n) is 4.68. The van der Waals surface area contributed by atoms with E-state index in [2.05, 4.69) is 33.2 Å². The van der Waals surface area contributed by atoms with Gasteiger partial charge in [0, 0.05) is 20.8 Å². The van der Waals surface area contributed by atoms with Crippen LogP contribution in [0.2, 0.25) is 5.02 Å². The summed E-state index contributed by atoms with van der Waals surface area (Å²) in [6.45, 7) is 2.51. The first-order chi connectivity index (χ1) is 10.1. The highest BCUT2D eigenvalue weighted by Crippen LogP contribution is 2.17. The Morgan fingerprint density at radius 1 is 1.24 bits per heavy atom. The predicted octanol–water partition coefficient (Wildman–Crippen LogP) is 4.62. The summed E-state index contributed by atoms with van der Waals surface area (Å²) in [4.78, 5) is 11.9. The van der Waals surface area contributed by atoms with Gasteiger partial charge >= 0.3 is 6.03 Å². The van der Waals surface area contributed by atoms with Crippen LogP contribution in [0.5, 0.6) is 0 Å². The van der Waals surface area contributed by atoms with Gasteiger partial charge in [-0.2, -0.15) is 0 Å². The maximum Gasteiger partial charge on any atom is 0.319 e.